The Morgan fingerprint density at radius 2 is 1.77 bits per heavy atom. The van der Waals surface area contributed by atoms with Crippen molar-refractivity contribution in [3.05, 3.63) is 11.6 Å². The molecule has 39 heavy (non-hydrogen) atoms. The maximum Gasteiger partial charge on any atom is 0.331 e. The molecule has 218 valence electrons. The molecule has 4 saturated carbocycles. The number of aldehydes is 1. The molecular weight excluding hydrogens is 508 g/mol. The van der Waals surface area contributed by atoms with Gasteiger partial charge < -0.3 is 44.5 Å². The number of cyclic esters (lactones) is 1. The van der Waals surface area contributed by atoms with E-state index in [1.165, 1.54) is 6.08 Å². The second-order valence-corrected chi connectivity index (χ2v) is 13.3. The van der Waals surface area contributed by atoms with Crippen LogP contribution < -0.4 is 0 Å². The molecule has 0 amide bonds. The average molecular weight is 551 g/mol. The van der Waals surface area contributed by atoms with Crippen molar-refractivity contribution in [2.45, 2.75) is 114 Å². The summed E-state index contributed by atoms with van der Waals surface area (Å²) in [6.07, 6.45) is 0.412. The fraction of sp³-hybridized carbons (Fsp3) is 0.862. The second kappa shape index (κ2) is 9.58. The van der Waals surface area contributed by atoms with Gasteiger partial charge in [-0.05, 0) is 87.5 Å². The van der Waals surface area contributed by atoms with E-state index in [4.69, 9.17) is 14.2 Å². The second-order valence-electron chi connectivity index (χ2n) is 13.3. The SMILES string of the molecule is C[C@@H]1O[C@@H](O[C@H]2CC[C@@]3(C=O)[C@H](CC[C@@H]4[C@H]3C[C@@H](O)[C@]3(C)[C@@H](C5=CC(=O)OC5)CC[C@]43O)C2)[C@H](O)[C@H](O)[C@H]1O. The van der Waals surface area contributed by atoms with E-state index in [-0.39, 0.29) is 42.4 Å². The minimum absolute atomic E-state index is 0.00964. The van der Waals surface area contributed by atoms with Crippen molar-refractivity contribution in [3.8, 4) is 0 Å². The quantitative estimate of drug-likeness (QED) is 0.190. The van der Waals surface area contributed by atoms with Crippen LogP contribution in [0.2, 0.25) is 0 Å². The summed E-state index contributed by atoms with van der Waals surface area (Å²) in [5.74, 6) is -0.862. The molecule has 10 nitrogen and oxygen atoms in total. The van der Waals surface area contributed by atoms with Gasteiger partial charge in [0.15, 0.2) is 6.29 Å². The molecule has 2 heterocycles. The Kier molecular flexibility index (Phi) is 6.81. The lowest BCUT2D eigenvalue weighted by Gasteiger charge is -2.64. The Hall–Kier alpha value is -1.40. The summed E-state index contributed by atoms with van der Waals surface area (Å²) in [7, 11) is 0. The molecule has 0 radical (unpaired) electrons. The Balaban J connectivity index is 1.22. The Morgan fingerprint density at radius 3 is 2.46 bits per heavy atom. The van der Waals surface area contributed by atoms with E-state index in [1.807, 2.05) is 6.92 Å². The number of aliphatic hydroxyl groups is 5. The highest BCUT2D eigenvalue weighted by Gasteiger charge is 2.71. The van der Waals surface area contributed by atoms with Gasteiger partial charge in [-0.1, -0.05) is 6.92 Å². The van der Waals surface area contributed by atoms with Gasteiger partial charge in [0.2, 0.25) is 0 Å². The minimum Gasteiger partial charge on any atom is -0.458 e. The maximum absolute atomic E-state index is 12.9. The topological polar surface area (TPSA) is 163 Å². The van der Waals surface area contributed by atoms with Crippen molar-refractivity contribution in [3.63, 3.8) is 0 Å². The fourth-order valence-corrected chi connectivity index (χ4v) is 9.72. The van der Waals surface area contributed by atoms with E-state index in [1.54, 1.807) is 6.92 Å². The van der Waals surface area contributed by atoms with E-state index in [0.717, 1.165) is 24.7 Å². The van der Waals surface area contributed by atoms with Crippen molar-refractivity contribution in [2.75, 3.05) is 6.61 Å². The lowest BCUT2D eigenvalue weighted by atomic mass is 9.42. The zero-order valence-corrected chi connectivity index (χ0v) is 22.6. The van der Waals surface area contributed by atoms with Crippen LogP contribution in [-0.2, 0) is 23.8 Å². The molecule has 0 spiro atoms. The number of carbonyl (C=O) groups is 2. The highest BCUT2D eigenvalue weighted by molar-refractivity contribution is 5.85. The van der Waals surface area contributed by atoms with Crippen LogP contribution in [0.3, 0.4) is 0 Å². The number of esters is 1. The highest BCUT2D eigenvalue weighted by Crippen LogP contribution is 2.69. The molecule has 0 aromatic carbocycles. The Morgan fingerprint density at radius 1 is 1.00 bits per heavy atom. The number of fused-ring (bicyclic) bond motifs is 5. The number of hydrogen-bond donors (Lipinski definition) is 5. The van der Waals surface area contributed by atoms with E-state index in [2.05, 4.69) is 0 Å². The predicted octanol–water partition coefficient (Wildman–Crippen LogP) is 0.606. The number of ether oxygens (including phenoxy) is 3. The van der Waals surface area contributed by atoms with Crippen molar-refractivity contribution in [2.24, 2.45) is 34.5 Å². The van der Waals surface area contributed by atoms with Crippen LogP contribution in [-0.4, -0.2) is 92.9 Å². The molecule has 0 aromatic rings. The van der Waals surface area contributed by atoms with Crippen LogP contribution >= 0.6 is 0 Å². The zero-order valence-electron chi connectivity index (χ0n) is 22.6. The molecule has 10 heteroatoms. The minimum atomic E-state index is -1.38. The molecule has 5 fully saturated rings. The van der Waals surface area contributed by atoms with Gasteiger partial charge in [-0.3, -0.25) is 0 Å². The third kappa shape index (κ3) is 3.86. The van der Waals surface area contributed by atoms with E-state index < -0.39 is 53.2 Å². The summed E-state index contributed by atoms with van der Waals surface area (Å²) < 4.78 is 16.9. The number of rotatable bonds is 4. The third-order valence-corrected chi connectivity index (χ3v) is 11.9. The van der Waals surface area contributed by atoms with Gasteiger partial charge in [-0.2, -0.15) is 0 Å². The summed E-state index contributed by atoms with van der Waals surface area (Å²) in [6.45, 7) is 3.76. The van der Waals surface area contributed by atoms with Crippen molar-refractivity contribution in [1.29, 1.82) is 0 Å². The molecule has 6 rings (SSSR count). The van der Waals surface area contributed by atoms with Gasteiger partial charge in [0.1, 0.15) is 31.2 Å². The lowest BCUT2D eigenvalue weighted by Crippen LogP contribution is -2.67. The summed E-state index contributed by atoms with van der Waals surface area (Å²) in [6, 6.07) is 0. The van der Waals surface area contributed by atoms with Crippen LogP contribution in [0.1, 0.15) is 65.2 Å². The molecule has 14 atom stereocenters. The molecule has 0 aromatic heterocycles. The first-order chi connectivity index (χ1) is 18.5. The van der Waals surface area contributed by atoms with Gasteiger partial charge in [0.05, 0.1) is 23.9 Å². The first kappa shape index (κ1) is 27.8. The molecular formula is C29H42O10. The molecule has 4 aliphatic carbocycles. The highest BCUT2D eigenvalue weighted by atomic mass is 16.7. The van der Waals surface area contributed by atoms with Gasteiger partial charge in [-0.25, -0.2) is 4.79 Å². The average Bonchev–Trinajstić information content (AvgIpc) is 3.47. The summed E-state index contributed by atoms with van der Waals surface area (Å²) in [5, 5.41) is 54.6. The first-order valence-corrected chi connectivity index (χ1v) is 14.6. The lowest BCUT2D eigenvalue weighted by molar-refractivity contribution is -0.310. The van der Waals surface area contributed by atoms with Crippen molar-refractivity contribution >= 4 is 12.3 Å². The number of aliphatic hydroxyl groups excluding tert-OH is 4. The van der Waals surface area contributed by atoms with E-state index in [0.29, 0.717) is 38.5 Å². The van der Waals surface area contributed by atoms with Crippen LogP contribution in [0.5, 0.6) is 0 Å². The van der Waals surface area contributed by atoms with Crippen LogP contribution in [0.25, 0.3) is 0 Å². The Bertz CT molecular complexity index is 1030. The number of carbonyl (C=O) groups excluding carboxylic acids is 2. The van der Waals surface area contributed by atoms with E-state index in [9.17, 15) is 35.1 Å². The predicted molar refractivity (Wildman–Crippen MR) is 135 cm³/mol. The van der Waals surface area contributed by atoms with Gasteiger partial charge in [-0.15, -0.1) is 0 Å². The molecule has 5 N–H and O–H groups in total. The summed E-state index contributed by atoms with van der Waals surface area (Å²) in [4.78, 5) is 24.7. The molecule has 2 aliphatic heterocycles. The first-order valence-electron chi connectivity index (χ1n) is 14.6. The maximum atomic E-state index is 12.9. The standard InChI is InChI=1S/C29H42O10/c1-14-23(33)24(34)25(35)26(38-14)39-17-5-7-28(13-30)16(10-17)3-4-19-20(28)11-21(31)27(2)18(6-8-29(19,27)36)15-9-22(32)37-12-15/h9,13-14,16-21,23-26,31,33-36H,3-8,10-12H2,1-2H3/t14-,16+,17-,18+,19+,20+,21+,23-,24+,25+,26-,27-,28+,29-/m0/s1. The fourth-order valence-electron chi connectivity index (χ4n) is 9.72. The molecule has 6 aliphatic rings. The smallest absolute Gasteiger partial charge is 0.331 e. The largest absolute Gasteiger partial charge is 0.458 e. The van der Waals surface area contributed by atoms with Crippen molar-refractivity contribution < 1.29 is 49.3 Å². The van der Waals surface area contributed by atoms with Crippen LogP contribution in [0.15, 0.2) is 11.6 Å². The van der Waals surface area contributed by atoms with E-state index >= 15 is 0 Å². The Labute approximate surface area is 228 Å². The van der Waals surface area contributed by atoms with Gasteiger partial charge in [0.25, 0.3) is 0 Å². The molecule has 0 bridgehead atoms. The monoisotopic (exact) mass is 550 g/mol. The summed E-state index contributed by atoms with van der Waals surface area (Å²) >= 11 is 0. The zero-order chi connectivity index (χ0) is 27.9. The van der Waals surface area contributed by atoms with Gasteiger partial charge in [0, 0.05) is 16.9 Å². The summed E-state index contributed by atoms with van der Waals surface area (Å²) in [5.41, 5.74) is -1.85. The van der Waals surface area contributed by atoms with Crippen molar-refractivity contribution in [1.82, 2.24) is 0 Å². The third-order valence-electron chi connectivity index (χ3n) is 11.9. The molecule has 1 saturated heterocycles. The van der Waals surface area contributed by atoms with Gasteiger partial charge >= 0.3 is 5.97 Å². The molecule has 0 unspecified atom stereocenters. The normalized spacial score (nSPS) is 55.2. The van der Waals surface area contributed by atoms with Crippen LogP contribution in [0.4, 0.5) is 0 Å². The van der Waals surface area contributed by atoms with Crippen LogP contribution in [0, 0.1) is 34.5 Å². The number of hydrogen-bond acceptors (Lipinski definition) is 10.